The Hall–Kier alpha value is -3.52. The Balaban J connectivity index is 1.41. The number of fused-ring (bicyclic) bond motifs is 3. The molecule has 4 rings (SSSR count). The fourth-order valence-electron chi connectivity index (χ4n) is 4.04. The van der Waals surface area contributed by atoms with Crippen LogP contribution in [0.15, 0.2) is 65.9 Å². The molecule has 0 saturated carbocycles. The molecular formula is C26H30N2O6. The summed E-state index contributed by atoms with van der Waals surface area (Å²) in [6, 6.07) is 7.70. The molecule has 0 spiro atoms. The van der Waals surface area contributed by atoms with Gasteiger partial charge in [-0.2, -0.15) is 4.98 Å². The number of aryl methyl sites for hydroxylation is 1. The van der Waals surface area contributed by atoms with Crippen LogP contribution < -0.4 is 15.2 Å². The number of hydrogen-bond donors (Lipinski definition) is 0. The minimum atomic E-state index is -0.302. The molecule has 1 fully saturated rings. The number of allylic oxidation sites excluding steroid dienone is 2. The lowest BCUT2D eigenvalue weighted by Gasteiger charge is -2.22. The zero-order chi connectivity index (χ0) is 23.9. The lowest BCUT2D eigenvalue weighted by atomic mass is 9.97. The van der Waals surface area contributed by atoms with Crippen molar-refractivity contribution in [3.8, 4) is 22.9 Å². The van der Waals surface area contributed by atoms with Gasteiger partial charge in [0, 0.05) is 24.8 Å². The molecule has 8 heteroatoms. The molecule has 0 bridgehead atoms. The molecule has 1 aromatic carbocycles. The first-order chi connectivity index (χ1) is 16.6. The van der Waals surface area contributed by atoms with Crippen LogP contribution in [-0.4, -0.2) is 49.2 Å². The van der Waals surface area contributed by atoms with Crippen LogP contribution in [0.5, 0.6) is 11.6 Å². The molecule has 8 nitrogen and oxygen atoms in total. The Morgan fingerprint density at radius 3 is 2.94 bits per heavy atom. The number of hydrogen-bond acceptors (Lipinski definition) is 7. The van der Waals surface area contributed by atoms with E-state index in [2.05, 4.69) is 18.1 Å². The summed E-state index contributed by atoms with van der Waals surface area (Å²) in [5.74, 6) is 2.01. The zero-order valence-electron chi connectivity index (χ0n) is 19.5. The van der Waals surface area contributed by atoms with Crippen molar-refractivity contribution in [3.63, 3.8) is 0 Å². The van der Waals surface area contributed by atoms with Gasteiger partial charge in [0.2, 0.25) is 5.88 Å². The second kappa shape index (κ2) is 11.1. The van der Waals surface area contributed by atoms with Gasteiger partial charge in [-0.1, -0.05) is 19.2 Å². The van der Waals surface area contributed by atoms with Crippen molar-refractivity contribution in [2.45, 2.75) is 31.9 Å². The first-order valence-electron chi connectivity index (χ1n) is 11.4. The predicted octanol–water partition coefficient (Wildman–Crippen LogP) is 3.65. The first-order valence-corrected chi connectivity index (χ1v) is 11.4. The van der Waals surface area contributed by atoms with E-state index in [0.717, 1.165) is 42.0 Å². The van der Waals surface area contributed by atoms with E-state index in [4.69, 9.17) is 23.7 Å². The highest BCUT2D eigenvalue weighted by atomic mass is 16.5. The SMILES string of the molecule is C=C/C=C(/OCCOc1ccc2c(c1)CCn1c-2cc(OCC2CCCO2)nc1=O)C(=C)OC. The van der Waals surface area contributed by atoms with Crippen molar-refractivity contribution in [2.24, 2.45) is 0 Å². The van der Waals surface area contributed by atoms with Crippen molar-refractivity contribution in [3.05, 3.63) is 77.1 Å². The van der Waals surface area contributed by atoms with E-state index in [1.54, 1.807) is 16.7 Å². The number of nitrogens with zero attached hydrogens (tertiary/aromatic N) is 2. The quantitative estimate of drug-likeness (QED) is 0.284. The molecular weight excluding hydrogens is 436 g/mol. The molecule has 2 aliphatic rings. The topological polar surface area (TPSA) is 81.0 Å². The van der Waals surface area contributed by atoms with Crippen molar-refractivity contribution in [1.29, 1.82) is 0 Å². The van der Waals surface area contributed by atoms with Crippen LogP contribution in [-0.2, 0) is 27.2 Å². The molecule has 2 aliphatic heterocycles. The van der Waals surface area contributed by atoms with Crippen LogP contribution >= 0.6 is 0 Å². The van der Waals surface area contributed by atoms with Crippen molar-refractivity contribution < 1.29 is 23.7 Å². The summed E-state index contributed by atoms with van der Waals surface area (Å²) in [5.41, 5.74) is 2.58. The van der Waals surface area contributed by atoms with E-state index in [0.29, 0.717) is 50.2 Å². The molecule has 1 atom stereocenters. The minimum absolute atomic E-state index is 0.0625. The molecule has 1 aromatic heterocycles. The molecule has 0 aliphatic carbocycles. The standard InChI is InChI=1S/C26H30N2O6/c1-4-6-24(18(2)30-3)33-14-13-32-20-8-9-22-19(15-20)10-11-28-23(22)16-25(27-26(28)29)34-17-21-7-5-12-31-21/h4,6,8-9,15-16,21H,1-2,5,7,10-14,17H2,3H3/b24-6+. The summed E-state index contributed by atoms with van der Waals surface area (Å²) in [5, 5.41) is 0. The summed E-state index contributed by atoms with van der Waals surface area (Å²) in [7, 11) is 1.54. The number of methoxy groups -OCH3 is 1. The normalized spacial score (nSPS) is 16.9. The summed E-state index contributed by atoms with van der Waals surface area (Å²) in [6.45, 7) is 9.85. The Morgan fingerprint density at radius 2 is 2.18 bits per heavy atom. The molecule has 34 heavy (non-hydrogen) atoms. The average molecular weight is 467 g/mol. The number of rotatable bonds is 11. The Bertz CT molecular complexity index is 1130. The van der Waals surface area contributed by atoms with Gasteiger partial charge >= 0.3 is 5.69 Å². The van der Waals surface area contributed by atoms with E-state index in [-0.39, 0.29) is 11.8 Å². The van der Waals surface area contributed by atoms with Crippen molar-refractivity contribution in [2.75, 3.05) is 33.5 Å². The third-order valence-corrected chi connectivity index (χ3v) is 5.79. The summed E-state index contributed by atoms with van der Waals surface area (Å²) in [4.78, 5) is 16.7. The Morgan fingerprint density at radius 1 is 1.29 bits per heavy atom. The average Bonchev–Trinajstić information content (AvgIpc) is 3.37. The lowest BCUT2D eigenvalue weighted by Crippen LogP contribution is -2.29. The summed E-state index contributed by atoms with van der Waals surface area (Å²) in [6.07, 6.45) is 6.08. The summed E-state index contributed by atoms with van der Waals surface area (Å²) < 4.78 is 29.7. The van der Waals surface area contributed by atoms with Crippen LogP contribution in [0.1, 0.15) is 18.4 Å². The van der Waals surface area contributed by atoms with Gasteiger partial charge in [-0.05, 0) is 49.1 Å². The fraction of sp³-hybridized carbons (Fsp3) is 0.385. The van der Waals surface area contributed by atoms with Crippen molar-refractivity contribution in [1.82, 2.24) is 9.55 Å². The van der Waals surface area contributed by atoms with Gasteiger partial charge in [0.1, 0.15) is 25.6 Å². The largest absolute Gasteiger partial charge is 0.493 e. The van der Waals surface area contributed by atoms with Crippen LogP contribution in [0.4, 0.5) is 0 Å². The van der Waals surface area contributed by atoms with E-state index in [9.17, 15) is 4.79 Å². The number of aromatic nitrogens is 2. The van der Waals surface area contributed by atoms with E-state index >= 15 is 0 Å². The van der Waals surface area contributed by atoms with Gasteiger partial charge in [-0.25, -0.2) is 4.79 Å². The smallest absolute Gasteiger partial charge is 0.351 e. The van der Waals surface area contributed by atoms with Crippen LogP contribution in [0.2, 0.25) is 0 Å². The van der Waals surface area contributed by atoms with Gasteiger partial charge in [0.15, 0.2) is 11.5 Å². The molecule has 0 radical (unpaired) electrons. The molecule has 1 unspecified atom stereocenters. The Labute approximate surface area is 199 Å². The highest BCUT2D eigenvalue weighted by Crippen LogP contribution is 2.32. The summed E-state index contributed by atoms with van der Waals surface area (Å²) >= 11 is 0. The molecule has 1 saturated heterocycles. The number of benzene rings is 1. The van der Waals surface area contributed by atoms with Gasteiger partial charge in [0.05, 0.1) is 18.9 Å². The highest BCUT2D eigenvalue weighted by Gasteiger charge is 2.21. The molecule has 0 amide bonds. The van der Waals surface area contributed by atoms with Crippen LogP contribution in [0, 0.1) is 0 Å². The predicted molar refractivity (Wildman–Crippen MR) is 128 cm³/mol. The lowest BCUT2D eigenvalue weighted by molar-refractivity contribution is 0.0661. The van der Waals surface area contributed by atoms with Gasteiger partial charge < -0.3 is 23.7 Å². The highest BCUT2D eigenvalue weighted by molar-refractivity contribution is 5.67. The van der Waals surface area contributed by atoms with Gasteiger partial charge in [0.25, 0.3) is 0 Å². The molecule has 3 heterocycles. The van der Waals surface area contributed by atoms with Gasteiger partial charge in [-0.15, -0.1) is 0 Å². The van der Waals surface area contributed by atoms with Crippen molar-refractivity contribution >= 4 is 0 Å². The van der Waals surface area contributed by atoms with E-state index < -0.39 is 0 Å². The fourth-order valence-corrected chi connectivity index (χ4v) is 4.04. The third-order valence-electron chi connectivity index (χ3n) is 5.79. The monoisotopic (exact) mass is 466 g/mol. The maximum atomic E-state index is 12.6. The van der Waals surface area contributed by atoms with Crippen LogP contribution in [0.3, 0.4) is 0 Å². The maximum Gasteiger partial charge on any atom is 0.351 e. The maximum absolute atomic E-state index is 12.6. The molecule has 180 valence electrons. The van der Waals surface area contributed by atoms with Gasteiger partial charge in [-0.3, -0.25) is 4.57 Å². The van der Waals surface area contributed by atoms with E-state index in [1.807, 2.05) is 24.3 Å². The van der Waals surface area contributed by atoms with E-state index in [1.165, 1.54) is 7.11 Å². The second-order valence-corrected chi connectivity index (χ2v) is 8.02. The molecule has 2 aromatic rings. The minimum Gasteiger partial charge on any atom is -0.493 e. The van der Waals surface area contributed by atoms with Crippen LogP contribution in [0.25, 0.3) is 11.3 Å². The third kappa shape index (κ3) is 5.51. The number of ether oxygens (including phenoxy) is 5. The second-order valence-electron chi connectivity index (χ2n) is 8.02. The Kier molecular flexibility index (Phi) is 7.69. The first kappa shape index (κ1) is 23.6. The molecule has 0 N–H and O–H groups in total. The zero-order valence-corrected chi connectivity index (χ0v) is 19.5.